The van der Waals surface area contributed by atoms with E-state index in [4.69, 9.17) is 4.74 Å². The summed E-state index contributed by atoms with van der Waals surface area (Å²) in [6, 6.07) is 4.59. The zero-order chi connectivity index (χ0) is 16.3. The van der Waals surface area contributed by atoms with Crippen molar-refractivity contribution < 1.29 is 17.9 Å². The molecule has 122 valence electrons. The van der Waals surface area contributed by atoms with Gasteiger partial charge in [0.05, 0.1) is 18.9 Å². The van der Waals surface area contributed by atoms with Crippen LogP contribution in [-0.2, 0) is 14.8 Å². The normalized spacial score (nSPS) is 16.3. The smallest absolute Gasteiger partial charge is 0.321 e. The van der Waals surface area contributed by atoms with Gasteiger partial charge in [-0.2, -0.15) is 4.31 Å². The fraction of sp³-hybridized carbons (Fsp3) is 0.500. The van der Waals surface area contributed by atoms with Gasteiger partial charge in [0.1, 0.15) is 4.90 Å². The van der Waals surface area contributed by atoms with Gasteiger partial charge >= 0.3 is 6.03 Å². The second kappa shape index (κ2) is 6.64. The lowest BCUT2D eigenvalue weighted by atomic mass is 10.2. The summed E-state index contributed by atoms with van der Waals surface area (Å²) in [5.41, 5.74) is 1.10. The van der Waals surface area contributed by atoms with E-state index in [1.165, 1.54) is 9.21 Å². The van der Waals surface area contributed by atoms with Gasteiger partial charge in [0.25, 0.3) is 0 Å². The second-order valence-electron chi connectivity index (χ2n) is 5.34. The van der Waals surface area contributed by atoms with Gasteiger partial charge < -0.3 is 15.0 Å². The SMILES string of the molecule is Cc1ccc(NC(=O)N(C)C)c(S(=O)(=O)N2CCOCC2)c1. The molecule has 8 heteroatoms. The molecule has 2 rings (SSSR count). The maximum absolute atomic E-state index is 12.8. The summed E-state index contributed by atoms with van der Waals surface area (Å²) in [5.74, 6) is 0. The number of carbonyl (C=O) groups excluding carboxylic acids is 1. The minimum absolute atomic E-state index is 0.115. The van der Waals surface area contributed by atoms with Gasteiger partial charge in [-0.3, -0.25) is 0 Å². The molecule has 0 bridgehead atoms. The van der Waals surface area contributed by atoms with Crippen LogP contribution in [0, 0.1) is 6.92 Å². The predicted molar refractivity (Wildman–Crippen MR) is 83.5 cm³/mol. The van der Waals surface area contributed by atoms with E-state index in [0.29, 0.717) is 26.3 Å². The number of benzene rings is 1. The molecule has 1 heterocycles. The molecule has 0 aromatic heterocycles. The van der Waals surface area contributed by atoms with Crippen molar-refractivity contribution in [2.75, 3.05) is 45.7 Å². The summed E-state index contributed by atoms with van der Waals surface area (Å²) in [4.78, 5) is 13.3. The molecule has 0 atom stereocenters. The van der Waals surface area contributed by atoms with E-state index in [2.05, 4.69) is 5.32 Å². The molecule has 0 unspecified atom stereocenters. The van der Waals surface area contributed by atoms with Crippen LogP contribution in [0.1, 0.15) is 5.56 Å². The zero-order valence-electron chi connectivity index (χ0n) is 13.0. The maximum Gasteiger partial charge on any atom is 0.321 e. The molecule has 1 aliphatic rings. The van der Waals surface area contributed by atoms with Crippen LogP contribution in [0.4, 0.5) is 10.5 Å². The number of nitrogens with zero attached hydrogens (tertiary/aromatic N) is 2. The van der Waals surface area contributed by atoms with Crippen molar-refractivity contribution in [3.63, 3.8) is 0 Å². The summed E-state index contributed by atoms with van der Waals surface area (Å²) in [5, 5.41) is 2.63. The largest absolute Gasteiger partial charge is 0.379 e. The van der Waals surface area contributed by atoms with E-state index in [-0.39, 0.29) is 16.6 Å². The van der Waals surface area contributed by atoms with Crippen molar-refractivity contribution in [3.05, 3.63) is 23.8 Å². The van der Waals surface area contributed by atoms with Gasteiger partial charge in [0.15, 0.2) is 0 Å². The van der Waals surface area contributed by atoms with E-state index in [9.17, 15) is 13.2 Å². The number of morpholine rings is 1. The lowest BCUT2D eigenvalue weighted by Gasteiger charge is -2.27. The monoisotopic (exact) mass is 327 g/mol. The lowest BCUT2D eigenvalue weighted by molar-refractivity contribution is 0.0730. The molecule has 7 nitrogen and oxygen atoms in total. The minimum Gasteiger partial charge on any atom is -0.379 e. The van der Waals surface area contributed by atoms with E-state index < -0.39 is 10.0 Å². The molecule has 1 aromatic carbocycles. The molecule has 22 heavy (non-hydrogen) atoms. The third-order valence-corrected chi connectivity index (χ3v) is 5.31. The van der Waals surface area contributed by atoms with Crippen molar-refractivity contribution >= 4 is 21.7 Å². The standard InChI is InChI=1S/C14H21N3O4S/c1-11-4-5-12(15-14(18)16(2)3)13(10-11)22(19,20)17-6-8-21-9-7-17/h4-5,10H,6-9H2,1-3H3,(H,15,18). The number of amides is 2. The highest BCUT2D eigenvalue weighted by atomic mass is 32.2. The quantitative estimate of drug-likeness (QED) is 0.902. The number of hydrogen-bond acceptors (Lipinski definition) is 4. The van der Waals surface area contributed by atoms with Crippen LogP contribution >= 0.6 is 0 Å². The van der Waals surface area contributed by atoms with Crippen molar-refractivity contribution in [3.8, 4) is 0 Å². The van der Waals surface area contributed by atoms with Gasteiger partial charge in [0.2, 0.25) is 10.0 Å². The van der Waals surface area contributed by atoms with Gasteiger partial charge in [-0.15, -0.1) is 0 Å². The first-order valence-electron chi connectivity index (χ1n) is 6.99. The Kier molecular flexibility index (Phi) is 5.05. The summed E-state index contributed by atoms with van der Waals surface area (Å²) in [6.07, 6.45) is 0. The molecule has 1 saturated heterocycles. The van der Waals surface area contributed by atoms with Crippen LogP contribution in [0.3, 0.4) is 0 Å². The Labute approximate surface area is 130 Å². The van der Waals surface area contributed by atoms with Crippen LogP contribution in [0.25, 0.3) is 0 Å². The predicted octanol–water partition coefficient (Wildman–Crippen LogP) is 1.11. The fourth-order valence-electron chi connectivity index (χ4n) is 2.10. The zero-order valence-corrected chi connectivity index (χ0v) is 13.8. The fourth-order valence-corrected chi connectivity index (χ4v) is 3.74. The summed E-state index contributed by atoms with van der Waals surface area (Å²) < 4.78 is 32.2. The number of nitrogens with one attached hydrogen (secondary N) is 1. The number of sulfonamides is 1. The Hall–Kier alpha value is -1.64. The summed E-state index contributed by atoms with van der Waals surface area (Å²) in [6.45, 7) is 3.21. The number of rotatable bonds is 3. The molecule has 0 spiro atoms. The average molecular weight is 327 g/mol. The molecule has 0 radical (unpaired) electrons. The Morgan fingerprint density at radius 1 is 1.27 bits per heavy atom. The Balaban J connectivity index is 2.39. The Morgan fingerprint density at radius 3 is 2.50 bits per heavy atom. The first kappa shape index (κ1) is 16.7. The van der Waals surface area contributed by atoms with E-state index in [1.54, 1.807) is 32.3 Å². The van der Waals surface area contributed by atoms with Crippen molar-refractivity contribution in [2.24, 2.45) is 0 Å². The van der Waals surface area contributed by atoms with Crippen LogP contribution in [-0.4, -0.2) is 64.1 Å². The van der Waals surface area contributed by atoms with Gasteiger partial charge in [-0.05, 0) is 24.6 Å². The summed E-state index contributed by atoms with van der Waals surface area (Å²) >= 11 is 0. The molecule has 0 saturated carbocycles. The third-order valence-electron chi connectivity index (χ3n) is 3.37. The summed E-state index contributed by atoms with van der Waals surface area (Å²) in [7, 11) is -0.473. The third kappa shape index (κ3) is 3.57. The van der Waals surface area contributed by atoms with Crippen molar-refractivity contribution in [2.45, 2.75) is 11.8 Å². The Bertz CT molecular complexity index is 652. The highest BCUT2D eigenvalue weighted by Crippen LogP contribution is 2.26. The van der Waals surface area contributed by atoms with Crippen LogP contribution in [0.5, 0.6) is 0 Å². The van der Waals surface area contributed by atoms with Crippen molar-refractivity contribution in [1.82, 2.24) is 9.21 Å². The van der Waals surface area contributed by atoms with E-state index in [0.717, 1.165) is 5.56 Å². The van der Waals surface area contributed by atoms with Crippen LogP contribution in [0.15, 0.2) is 23.1 Å². The number of hydrogen-bond donors (Lipinski definition) is 1. The highest BCUT2D eigenvalue weighted by Gasteiger charge is 2.29. The van der Waals surface area contributed by atoms with Crippen LogP contribution in [0.2, 0.25) is 0 Å². The maximum atomic E-state index is 12.8. The molecule has 0 aliphatic carbocycles. The number of anilines is 1. The van der Waals surface area contributed by atoms with E-state index >= 15 is 0 Å². The number of carbonyl (C=O) groups is 1. The first-order valence-corrected chi connectivity index (χ1v) is 8.43. The van der Waals surface area contributed by atoms with Gasteiger partial charge in [0, 0.05) is 27.2 Å². The van der Waals surface area contributed by atoms with Crippen molar-refractivity contribution in [1.29, 1.82) is 0 Å². The average Bonchev–Trinajstić information content (AvgIpc) is 2.49. The van der Waals surface area contributed by atoms with E-state index in [1.807, 2.05) is 6.92 Å². The highest BCUT2D eigenvalue weighted by molar-refractivity contribution is 7.89. The second-order valence-corrected chi connectivity index (χ2v) is 7.25. The molecule has 1 fully saturated rings. The molecular weight excluding hydrogens is 306 g/mol. The number of ether oxygens (including phenoxy) is 1. The number of urea groups is 1. The molecular formula is C14H21N3O4S. The molecule has 2 amide bonds. The Morgan fingerprint density at radius 2 is 1.91 bits per heavy atom. The van der Waals surface area contributed by atoms with Gasteiger partial charge in [-0.1, -0.05) is 6.07 Å². The number of aryl methyl sites for hydroxylation is 1. The topological polar surface area (TPSA) is 79.0 Å². The molecule has 1 aliphatic heterocycles. The van der Waals surface area contributed by atoms with Crippen LogP contribution < -0.4 is 5.32 Å². The molecule has 1 N–H and O–H groups in total. The lowest BCUT2D eigenvalue weighted by Crippen LogP contribution is -2.41. The molecule has 1 aromatic rings. The minimum atomic E-state index is -3.67. The first-order chi connectivity index (χ1) is 10.3. The van der Waals surface area contributed by atoms with Gasteiger partial charge in [-0.25, -0.2) is 13.2 Å².